The van der Waals surface area contributed by atoms with Crippen molar-refractivity contribution in [2.45, 2.75) is 33.1 Å². The van der Waals surface area contributed by atoms with E-state index in [1.165, 1.54) is 11.9 Å². The zero-order valence-electron chi connectivity index (χ0n) is 15.9. The van der Waals surface area contributed by atoms with Crippen LogP contribution in [0.4, 0.5) is 0 Å². The van der Waals surface area contributed by atoms with Crippen LogP contribution >= 0.6 is 0 Å². The topological polar surface area (TPSA) is 89.4 Å². The molecule has 1 aromatic carbocycles. The highest BCUT2D eigenvalue weighted by molar-refractivity contribution is 5.76. The summed E-state index contributed by atoms with van der Waals surface area (Å²) in [5.41, 5.74) is 9.88. The van der Waals surface area contributed by atoms with Crippen molar-refractivity contribution in [1.82, 2.24) is 24.5 Å². The molecule has 0 bridgehead atoms. The van der Waals surface area contributed by atoms with E-state index in [0.717, 1.165) is 23.4 Å². The van der Waals surface area contributed by atoms with E-state index in [4.69, 9.17) is 5.73 Å². The lowest BCUT2D eigenvalue weighted by atomic mass is 10.1. The van der Waals surface area contributed by atoms with Gasteiger partial charge in [0.2, 0.25) is 5.91 Å². The average Bonchev–Trinajstić information content (AvgIpc) is 3.14. The maximum absolute atomic E-state index is 12.8. The summed E-state index contributed by atoms with van der Waals surface area (Å²) in [5.74, 6) is 0.710. The Kier molecular flexibility index (Phi) is 6.13. The van der Waals surface area contributed by atoms with Crippen LogP contribution < -0.4 is 5.73 Å². The Bertz CT molecular complexity index is 905. The van der Waals surface area contributed by atoms with Crippen LogP contribution in [0.1, 0.15) is 28.9 Å². The monoisotopic (exact) mass is 366 g/mol. The van der Waals surface area contributed by atoms with E-state index in [2.05, 4.69) is 27.2 Å². The lowest BCUT2D eigenvalue weighted by Gasteiger charge is -2.22. The second kappa shape index (κ2) is 8.73. The summed E-state index contributed by atoms with van der Waals surface area (Å²) in [4.78, 5) is 23.2. The van der Waals surface area contributed by atoms with Gasteiger partial charge in [0.05, 0.1) is 0 Å². The molecule has 2 N–H and O–H groups in total. The fourth-order valence-corrected chi connectivity index (χ4v) is 3.33. The van der Waals surface area contributed by atoms with Crippen molar-refractivity contribution in [3.63, 3.8) is 0 Å². The molecule has 27 heavy (non-hydrogen) atoms. The Morgan fingerprint density at radius 1 is 1.15 bits per heavy atom. The number of fused-ring (bicyclic) bond motifs is 1. The average molecular weight is 366 g/mol. The fourth-order valence-electron chi connectivity index (χ4n) is 3.33. The smallest absolute Gasteiger partial charge is 0.252 e. The van der Waals surface area contributed by atoms with Crippen molar-refractivity contribution in [1.29, 1.82) is 0 Å². The molecule has 0 fully saturated rings. The zero-order valence-corrected chi connectivity index (χ0v) is 15.9. The van der Waals surface area contributed by atoms with Crippen LogP contribution in [-0.4, -0.2) is 50.0 Å². The van der Waals surface area contributed by atoms with E-state index >= 15 is 0 Å². The lowest BCUT2D eigenvalue weighted by molar-refractivity contribution is -0.131. The van der Waals surface area contributed by atoms with Gasteiger partial charge in [0.15, 0.2) is 0 Å². The van der Waals surface area contributed by atoms with Gasteiger partial charge >= 0.3 is 0 Å². The first kappa shape index (κ1) is 19.0. The molecule has 0 radical (unpaired) electrons. The second-order valence-electron chi connectivity index (χ2n) is 6.64. The van der Waals surface area contributed by atoms with Gasteiger partial charge in [-0.25, -0.2) is 9.50 Å². The summed E-state index contributed by atoms with van der Waals surface area (Å²) in [6, 6.07) is 10.2. The molecule has 0 spiro atoms. The summed E-state index contributed by atoms with van der Waals surface area (Å²) in [5, 5.41) is 4.21. The maximum Gasteiger partial charge on any atom is 0.252 e. The summed E-state index contributed by atoms with van der Waals surface area (Å²) in [6.07, 6.45) is 3.39. The SMILES string of the molecule is Cc1nc2ncnn2c(C)c1CCC(=O)N(CCN)CCc1ccccc1. The van der Waals surface area contributed by atoms with Crippen LogP contribution in [0.25, 0.3) is 5.78 Å². The van der Waals surface area contributed by atoms with Crippen molar-refractivity contribution >= 4 is 11.7 Å². The predicted octanol–water partition coefficient (Wildman–Crippen LogP) is 1.70. The van der Waals surface area contributed by atoms with Crippen molar-refractivity contribution in [3.8, 4) is 0 Å². The Morgan fingerprint density at radius 3 is 2.67 bits per heavy atom. The van der Waals surface area contributed by atoms with Gasteiger partial charge in [-0.1, -0.05) is 30.3 Å². The number of benzene rings is 1. The van der Waals surface area contributed by atoms with Gasteiger partial charge in [-0.15, -0.1) is 0 Å². The molecule has 142 valence electrons. The molecule has 7 nitrogen and oxygen atoms in total. The second-order valence-corrected chi connectivity index (χ2v) is 6.64. The van der Waals surface area contributed by atoms with E-state index in [-0.39, 0.29) is 5.91 Å². The van der Waals surface area contributed by atoms with Gasteiger partial charge < -0.3 is 10.6 Å². The first-order valence-electron chi connectivity index (χ1n) is 9.27. The highest BCUT2D eigenvalue weighted by Crippen LogP contribution is 2.15. The number of amides is 1. The number of aromatic nitrogens is 4. The number of rotatable bonds is 8. The number of aryl methyl sites for hydroxylation is 2. The van der Waals surface area contributed by atoms with E-state index in [0.29, 0.717) is 38.3 Å². The van der Waals surface area contributed by atoms with E-state index in [1.54, 1.807) is 4.52 Å². The summed E-state index contributed by atoms with van der Waals surface area (Å²) < 4.78 is 1.72. The Morgan fingerprint density at radius 2 is 1.93 bits per heavy atom. The van der Waals surface area contributed by atoms with Crippen LogP contribution in [0.2, 0.25) is 0 Å². The van der Waals surface area contributed by atoms with Crippen molar-refractivity contribution in [3.05, 3.63) is 59.2 Å². The molecular formula is C20H26N6O. The van der Waals surface area contributed by atoms with Crippen LogP contribution in [0, 0.1) is 13.8 Å². The van der Waals surface area contributed by atoms with E-state index in [9.17, 15) is 4.79 Å². The van der Waals surface area contributed by atoms with Crippen LogP contribution in [0.15, 0.2) is 36.7 Å². The molecule has 3 rings (SSSR count). The molecular weight excluding hydrogens is 340 g/mol. The molecule has 0 aliphatic heterocycles. The minimum absolute atomic E-state index is 0.119. The summed E-state index contributed by atoms with van der Waals surface area (Å²) >= 11 is 0. The Balaban J connectivity index is 1.65. The van der Waals surface area contributed by atoms with Gasteiger partial charge in [-0.2, -0.15) is 10.1 Å². The van der Waals surface area contributed by atoms with Crippen LogP contribution in [0.3, 0.4) is 0 Å². The van der Waals surface area contributed by atoms with E-state index in [1.807, 2.05) is 36.9 Å². The Labute approximate surface area is 159 Å². The third kappa shape index (κ3) is 4.49. The number of carbonyl (C=O) groups is 1. The van der Waals surface area contributed by atoms with Crippen LogP contribution in [-0.2, 0) is 17.6 Å². The lowest BCUT2D eigenvalue weighted by Crippen LogP contribution is -2.37. The standard InChI is InChI=1S/C20H26N6O/c1-15-18(16(2)26-20(24-15)22-14-23-26)8-9-19(27)25(13-11-21)12-10-17-6-4-3-5-7-17/h3-7,14H,8-13,21H2,1-2H3. The van der Waals surface area contributed by atoms with E-state index < -0.39 is 0 Å². The number of hydrogen-bond acceptors (Lipinski definition) is 5. The molecule has 0 aliphatic rings. The molecule has 2 heterocycles. The minimum Gasteiger partial charge on any atom is -0.341 e. The van der Waals surface area contributed by atoms with Gasteiger partial charge in [0.25, 0.3) is 5.78 Å². The summed E-state index contributed by atoms with van der Waals surface area (Å²) in [6.45, 7) is 5.66. The number of nitrogens with two attached hydrogens (primary N) is 1. The molecule has 1 amide bonds. The summed E-state index contributed by atoms with van der Waals surface area (Å²) in [7, 11) is 0. The first-order valence-corrected chi connectivity index (χ1v) is 9.27. The van der Waals surface area contributed by atoms with Gasteiger partial charge in [0.1, 0.15) is 6.33 Å². The van der Waals surface area contributed by atoms with Gasteiger partial charge in [-0.3, -0.25) is 4.79 Å². The molecule has 0 saturated carbocycles. The molecule has 3 aromatic rings. The minimum atomic E-state index is 0.119. The number of carbonyl (C=O) groups excluding carboxylic acids is 1. The molecule has 0 atom stereocenters. The van der Waals surface area contributed by atoms with Crippen molar-refractivity contribution < 1.29 is 4.79 Å². The number of nitrogens with zero attached hydrogens (tertiary/aromatic N) is 5. The number of hydrogen-bond donors (Lipinski definition) is 1. The molecule has 0 saturated heterocycles. The fraction of sp³-hybridized carbons (Fsp3) is 0.400. The Hall–Kier alpha value is -2.80. The molecule has 2 aromatic heterocycles. The molecule has 0 unspecified atom stereocenters. The molecule has 7 heteroatoms. The van der Waals surface area contributed by atoms with Crippen molar-refractivity contribution in [2.75, 3.05) is 19.6 Å². The highest BCUT2D eigenvalue weighted by Gasteiger charge is 2.16. The van der Waals surface area contributed by atoms with Crippen molar-refractivity contribution in [2.24, 2.45) is 5.73 Å². The van der Waals surface area contributed by atoms with Crippen LogP contribution in [0.5, 0.6) is 0 Å². The zero-order chi connectivity index (χ0) is 19.2. The van der Waals surface area contributed by atoms with Gasteiger partial charge in [0, 0.05) is 37.4 Å². The third-order valence-corrected chi connectivity index (χ3v) is 4.84. The largest absolute Gasteiger partial charge is 0.341 e. The quantitative estimate of drug-likeness (QED) is 0.655. The maximum atomic E-state index is 12.8. The molecule has 0 aliphatic carbocycles. The first-order chi connectivity index (χ1) is 13.1. The normalized spacial score (nSPS) is 11.1. The predicted molar refractivity (Wildman–Crippen MR) is 104 cm³/mol. The van der Waals surface area contributed by atoms with Gasteiger partial charge in [-0.05, 0) is 37.8 Å². The highest BCUT2D eigenvalue weighted by atomic mass is 16.2. The third-order valence-electron chi connectivity index (χ3n) is 4.84.